The zero-order chi connectivity index (χ0) is 4.99. The second-order valence-electron chi connectivity index (χ2n) is 1.04. The van der Waals surface area contributed by atoms with Crippen LogP contribution in [0.3, 0.4) is 0 Å². The Bertz CT molecular complexity index is 43.5. The standard InChI is InChI=1S/C4H6O2/c1-4(2-5)3-6/h1-3H2. The first-order valence-electron chi connectivity index (χ1n) is 1.64. The van der Waals surface area contributed by atoms with Crippen LogP contribution in [0.25, 0.3) is 0 Å². The maximum atomic E-state index is 9.56. The fourth-order valence-electron chi connectivity index (χ4n) is 0.0417. The van der Waals surface area contributed by atoms with Crippen molar-refractivity contribution in [3.05, 3.63) is 12.2 Å². The van der Waals surface area contributed by atoms with Gasteiger partial charge < -0.3 is 0 Å². The van der Waals surface area contributed by atoms with Crippen molar-refractivity contribution < 1.29 is 10.2 Å². The molecule has 0 unspecified atom stereocenters. The van der Waals surface area contributed by atoms with Gasteiger partial charge in [-0.2, -0.15) is 0 Å². The minimum Gasteiger partial charge on any atom is -0.232 e. The van der Waals surface area contributed by atoms with Crippen LogP contribution in [0.2, 0.25) is 0 Å². The van der Waals surface area contributed by atoms with Crippen molar-refractivity contribution in [3.63, 3.8) is 0 Å². The summed E-state index contributed by atoms with van der Waals surface area (Å²) < 4.78 is 0. The molecule has 6 heavy (non-hydrogen) atoms. The van der Waals surface area contributed by atoms with Crippen molar-refractivity contribution in [1.29, 1.82) is 0 Å². The van der Waals surface area contributed by atoms with Crippen LogP contribution in [-0.4, -0.2) is 13.2 Å². The maximum absolute atomic E-state index is 9.56. The molecule has 2 heteroatoms. The Hall–Kier alpha value is -0.340. The van der Waals surface area contributed by atoms with Gasteiger partial charge in [-0.05, 0) is 5.57 Å². The lowest BCUT2D eigenvalue weighted by molar-refractivity contribution is 0.175. The zero-order valence-corrected chi connectivity index (χ0v) is 3.44. The van der Waals surface area contributed by atoms with Crippen LogP contribution in [0.4, 0.5) is 0 Å². The van der Waals surface area contributed by atoms with Crippen molar-refractivity contribution in [2.24, 2.45) is 0 Å². The van der Waals surface area contributed by atoms with Crippen LogP contribution >= 0.6 is 0 Å². The molecule has 2 radical (unpaired) electrons. The van der Waals surface area contributed by atoms with E-state index >= 15 is 0 Å². The summed E-state index contributed by atoms with van der Waals surface area (Å²) in [6.07, 6.45) is 0. The lowest BCUT2D eigenvalue weighted by Gasteiger charge is -1.83. The SMILES string of the molecule is C=C(C[O])C[O]. The number of rotatable bonds is 2. The average Bonchev–Trinajstić information content (AvgIpc) is 1.65. The Morgan fingerprint density at radius 3 is 1.67 bits per heavy atom. The van der Waals surface area contributed by atoms with Gasteiger partial charge in [0.25, 0.3) is 0 Å². The van der Waals surface area contributed by atoms with Crippen molar-refractivity contribution in [2.75, 3.05) is 13.2 Å². The molecule has 2 nitrogen and oxygen atoms in total. The summed E-state index contributed by atoms with van der Waals surface area (Å²) in [5.74, 6) is 0. The van der Waals surface area contributed by atoms with E-state index in [1.54, 1.807) is 0 Å². The van der Waals surface area contributed by atoms with Crippen LogP contribution in [-0.2, 0) is 10.2 Å². The summed E-state index contributed by atoms with van der Waals surface area (Å²) in [4.78, 5) is 0. The van der Waals surface area contributed by atoms with Gasteiger partial charge in [-0.3, -0.25) is 0 Å². The molecule has 0 aromatic heterocycles. The molecule has 0 amide bonds. The highest BCUT2D eigenvalue weighted by molar-refractivity contribution is 4.91. The third kappa shape index (κ3) is 1.93. The molecule has 0 heterocycles. The van der Waals surface area contributed by atoms with E-state index in [1.165, 1.54) is 0 Å². The first-order chi connectivity index (χ1) is 2.81. The van der Waals surface area contributed by atoms with E-state index in [1.807, 2.05) is 0 Å². The van der Waals surface area contributed by atoms with Gasteiger partial charge >= 0.3 is 0 Å². The molecular formula is C4H6O2. The fourth-order valence-corrected chi connectivity index (χ4v) is 0.0417. The topological polar surface area (TPSA) is 39.8 Å². The largest absolute Gasteiger partial charge is 0.232 e. The first-order valence-corrected chi connectivity index (χ1v) is 1.64. The Morgan fingerprint density at radius 2 is 1.67 bits per heavy atom. The second-order valence-corrected chi connectivity index (χ2v) is 1.04. The van der Waals surface area contributed by atoms with E-state index in [9.17, 15) is 10.2 Å². The molecule has 0 aliphatic rings. The normalized spacial score (nSPS) is 8.33. The van der Waals surface area contributed by atoms with Crippen molar-refractivity contribution in [2.45, 2.75) is 0 Å². The average molecular weight is 86.1 g/mol. The molecule has 0 saturated carbocycles. The van der Waals surface area contributed by atoms with Crippen LogP contribution < -0.4 is 0 Å². The molecule has 0 spiro atoms. The Kier molecular flexibility index (Phi) is 2.71. The monoisotopic (exact) mass is 86.0 g/mol. The minimum absolute atomic E-state index is 0.231. The van der Waals surface area contributed by atoms with E-state index in [2.05, 4.69) is 6.58 Å². The molecule has 0 saturated heterocycles. The van der Waals surface area contributed by atoms with Gasteiger partial charge in [-0.15, -0.1) is 0 Å². The molecule has 0 atom stereocenters. The molecule has 0 fully saturated rings. The summed E-state index contributed by atoms with van der Waals surface area (Å²) in [7, 11) is 0. The van der Waals surface area contributed by atoms with Crippen LogP contribution in [0.5, 0.6) is 0 Å². The number of hydrogen-bond donors (Lipinski definition) is 0. The predicted molar refractivity (Wildman–Crippen MR) is 20.2 cm³/mol. The third-order valence-electron chi connectivity index (χ3n) is 0.408. The van der Waals surface area contributed by atoms with Gasteiger partial charge in [-0.25, -0.2) is 10.2 Å². The van der Waals surface area contributed by atoms with E-state index in [4.69, 9.17) is 0 Å². The van der Waals surface area contributed by atoms with Crippen molar-refractivity contribution >= 4 is 0 Å². The van der Waals surface area contributed by atoms with E-state index in [0.29, 0.717) is 0 Å². The van der Waals surface area contributed by atoms with E-state index < -0.39 is 13.2 Å². The zero-order valence-electron chi connectivity index (χ0n) is 3.44. The molecule has 0 bridgehead atoms. The summed E-state index contributed by atoms with van der Waals surface area (Å²) in [6.45, 7) is 2.31. The Labute approximate surface area is 36.7 Å². The summed E-state index contributed by atoms with van der Waals surface area (Å²) in [5, 5.41) is 19.1. The molecule has 0 aromatic rings. The predicted octanol–water partition coefficient (Wildman–Crippen LogP) is 0.404. The van der Waals surface area contributed by atoms with E-state index in [0.717, 1.165) is 0 Å². The Morgan fingerprint density at radius 1 is 1.33 bits per heavy atom. The van der Waals surface area contributed by atoms with Gasteiger partial charge in [-0.1, -0.05) is 6.58 Å². The quantitative estimate of drug-likeness (QED) is 0.436. The van der Waals surface area contributed by atoms with Gasteiger partial charge in [0.2, 0.25) is 0 Å². The summed E-state index contributed by atoms with van der Waals surface area (Å²) in [6, 6.07) is 0. The lowest BCUT2D eigenvalue weighted by Crippen LogP contribution is -1.88. The van der Waals surface area contributed by atoms with Crippen LogP contribution in [0, 0.1) is 0 Å². The second kappa shape index (κ2) is 2.87. The van der Waals surface area contributed by atoms with Gasteiger partial charge in [0.15, 0.2) is 0 Å². The lowest BCUT2D eigenvalue weighted by atomic mass is 10.4. The van der Waals surface area contributed by atoms with Crippen LogP contribution in [0.15, 0.2) is 12.2 Å². The number of hydrogen-bond acceptors (Lipinski definition) is 0. The fraction of sp³-hybridized carbons (Fsp3) is 0.500. The minimum atomic E-state index is -0.427. The summed E-state index contributed by atoms with van der Waals surface area (Å²) >= 11 is 0. The van der Waals surface area contributed by atoms with Gasteiger partial charge in [0.1, 0.15) is 13.2 Å². The first kappa shape index (κ1) is 5.66. The third-order valence-corrected chi connectivity index (χ3v) is 0.408. The van der Waals surface area contributed by atoms with E-state index in [-0.39, 0.29) is 5.57 Å². The summed E-state index contributed by atoms with van der Waals surface area (Å²) in [5.41, 5.74) is 0.231. The highest BCUT2D eigenvalue weighted by Crippen LogP contribution is 1.81. The molecule has 0 N–H and O–H groups in total. The van der Waals surface area contributed by atoms with Crippen molar-refractivity contribution in [1.82, 2.24) is 0 Å². The molecule has 0 aliphatic carbocycles. The molecular weight excluding hydrogens is 80.0 g/mol. The molecule has 34 valence electrons. The smallest absolute Gasteiger partial charge is 0.105 e. The van der Waals surface area contributed by atoms with Crippen LogP contribution in [0.1, 0.15) is 0 Å². The highest BCUT2D eigenvalue weighted by Gasteiger charge is 1.84. The van der Waals surface area contributed by atoms with Gasteiger partial charge in [0, 0.05) is 0 Å². The molecule has 0 rings (SSSR count). The van der Waals surface area contributed by atoms with Crippen molar-refractivity contribution in [3.8, 4) is 0 Å². The molecule has 0 aliphatic heterocycles. The van der Waals surface area contributed by atoms with Gasteiger partial charge in [0.05, 0.1) is 0 Å². The molecule has 0 aromatic carbocycles. The highest BCUT2D eigenvalue weighted by atomic mass is 16.3. The Balaban J connectivity index is 2.99. The maximum Gasteiger partial charge on any atom is 0.105 e.